The zero-order chi connectivity index (χ0) is 31.8. The minimum Gasteiger partial charge on any atom is -0.392 e. The highest BCUT2D eigenvalue weighted by Crippen LogP contribution is 2.55. The van der Waals surface area contributed by atoms with Gasteiger partial charge in [-0.05, 0) is 85.6 Å². The number of aliphatic hydroxyl groups excluding tert-OH is 1. The third kappa shape index (κ3) is 6.88. The summed E-state index contributed by atoms with van der Waals surface area (Å²) in [7, 11) is 0. The van der Waals surface area contributed by atoms with E-state index in [4.69, 9.17) is 9.47 Å². The molecule has 2 aromatic carbocycles. The predicted octanol–water partition coefficient (Wildman–Crippen LogP) is 5.43. The van der Waals surface area contributed by atoms with Crippen molar-refractivity contribution in [3.63, 3.8) is 0 Å². The van der Waals surface area contributed by atoms with Crippen molar-refractivity contribution in [1.82, 2.24) is 20.2 Å². The zero-order valence-corrected chi connectivity index (χ0v) is 27.0. The fourth-order valence-corrected chi connectivity index (χ4v) is 9.30. The second-order valence-corrected chi connectivity index (χ2v) is 14.6. The Kier molecular flexibility index (Phi) is 8.60. The number of hydrogen-bond acceptors (Lipinski definition) is 8. The number of aromatic nitrogens is 2. The molecule has 4 bridgehead atoms. The normalized spacial score (nSPS) is 31.9. The van der Waals surface area contributed by atoms with Gasteiger partial charge in [-0.25, -0.2) is 14.8 Å². The maximum Gasteiger partial charge on any atom is 0.319 e. The summed E-state index contributed by atoms with van der Waals surface area (Å²) in [4.78, 5) is 26.7. The Bertz CT molecular complexity index is 1480. The van der Waals surface area contributed by atoms with E-state index < -0.39 is 6.29 Å². The number of carbonyl (C=O) groups is 1. The van der Waals surface area contributed by atoms with Crippen LogP contribution in [0.1, 0.15) is 74.0 Å². The number of nitrogens with zero attached hydrogens (tertiary/aromatic N) is 4. The van der Waals surface area contributed by atoms with Gasteiger partial charge in [0, 0.05) is 68.3 Å². The van der Waals surface area contributed by atoms with Crippen LogP contribution in [-0.4, -0.2) is 70.4 Å². The van der Waals surface area contributed by atoms with Gasteiger partial charge in [0.15, 0.2) is 6.29 Å². The number of aliphatic hydroxyl groups is 1. The zero-order valence-electron chi connectivity index (χ0n) is 27.0. The Balaban J connectivity index is 0.921. The van der Waals surface area contributed by atoms with Gasteiger partial charge in [-0.2, -0.15) is 0 Å². The molecule has 10 nitrogen and oxygen atoms in total. The minimum atomic E-state index is -0.537. The molecule has 6 aliphatic rings. The molecule has 47 heavy (non-hydrogen) atoms. The van der Waals surface area contributed by atoms with Crippen LogP contribution in [0.25, 0.3) is 0 Å². The number of amides is 2. The average molecular weight is 639 g/mol. The third-order valence-electron chi connectivity index (χ3n) is 11.1. The van der Waals surface area contributed by atoms with E-state index >= 15 is 0 Å². The van der Waals surface area contributed by atoms with E-state index in [1.54, 1.807) is 12.4 Å². The van der Waals surface area contributed by atoms with Gasteiger partial charge in [0.05, 0.1) is 18.8 Å². The van der Waals surface area contributed by atoms with Crippen molar-refractivity contribution in [1.29, 1.82) is 0 Å². The lowest BCUT2D eigenvalue weighted by Crippen LogP contribution is -2.60. The minimum absolute atomic E-state index is 0.0150. The Labute approximate surface area is 276 Å². The molecule has 6 fully saturated rings. The van der Waals surface area contributed by atoms with Gasteiger partial charge in [0.1, 0.15) is 0 Å². The summed E-state index contributed by atoms with van der Waals surface area (Å²) >= 11 is 0. The van der Waals surface area contributed by atoms with Crippen LogP contribution >= 0.6 is 0 Å². The molecule has 3 aromatic rings. The van der Waals surface area contributed by atoms with Gasteiger partial charge in [0.2, 0.25) is 5.95 Å². The van der Waals surface area contributed by atoms with Crippen molar-refractivity contribution < 1.29 is 19.4 Å². The molecule has 0 unspecified atom stereocenters. The van der Waals surface area contributed by atoms with Crippen LogP contribution in [0.15, 0.2) is 67.0 Å². The number of hydrogen-bond donors (Lipinski definition) is 3. The molecular weight excluding hydrogens is 592 g/mol. The van der Waals surface area contributed by atoms with Crippen molar-refractivity contribution in [3.05, 3.63) is 83.7 Å². The van der Waals surface area contributed by atoms with E-state index in [1.807, 2.05) is 54.6 Å². The number of nitrogens with one attached hydrogen (secondary N) is 2. The van der Waals surface area contributed by atoms with Crippen LogP contribution < -0.4 is 15.5 Å². The molecule has 4 aliphatic carbocycles. The highest BCUT2D eigenvalue weighted by molar-refractivity contribution is 5.89. The second-order valence-electron chi connectivity index (χ2n) is 14.6. The Hall–Kier alpha value is -3.57. The molecule has 248 valence electrons. The van der Waals surface area contributed by atoms with Gasteiger partial charge in [-0.3, -0.25) is 4.90 Å². The van der Waals surface area contributed by atoms with Crippen LogP contribution in [-0.2, 0) is 16.1 Å². The molecule has 2 aliphatic heterocycles. The van der Waals surface area contributed by atoms with Crippen LogP contribution in [0.2, 0.25) is 0 Å². The number of urea groups is 1. The molecule has 9 rings (SSSR count). The van der Waals surface area contributed by atoms with Crippen LogP contribution in [0.4, 0.5) is 16.4 Å². The topological polar surface area (TPSA) is 112 Å². The van der Waals surface area contributed by atoms with Gasteiger partial charge in [-0.15, -0.1) is 0 Å². The van der Waals surface area contributed by atoms with Crippen molar-refractivity contribution in [2.24, 2.45) is 17.8 Å². The molecule has 3 atom stereocenters. The average Bonchev–Trinajstić information content (AvgIpc) is 3.08. The van der Waals surface area contributed by atoms with Gasteiger partial charge in [0.25, 0.3) is 0 Å². The van der Waals surface area contributed by atoms with E-state index in [9.17, 15) is 9.90 Å². The quantitative estimate of drug-likeness (QED) is 0.300. The maximum atomic E-state index is 13.2. The largest absolute Gasteiger partial charge is 0.392 e. The number of anilines is 2. The van der Waals surface area contributed by atoms with Crippen LogP contribution in [0, 0.1) is 17.8 Å². The summed E-state index contributed by atoms with van der Waals surface area (Å²) in [5.41, 5.74) is 3.62. The Morgan fingerprint density at radius 1 is 0.830 bits per heavy atom. The van der Waals surface area contributed by atoms with Crippen LogP contribution in [0.3, 0.4) is 0 Å². The molecule has 0 radical (unpaired) electrons. The summed E-state index contributed by atoms with van der Waals surface area (Å²) in [6, 6.07) is 17.6. The molecule has 3 heterocycles. The first-order chi connectivity index (χ1) is 23.0. The Morgan fingerprint density at radius 2 is 1.47 bits per heavy atom. The van der Waals surface area contributed by atoms with Gasteiger partial charge in [-0.1, -0.05) is 36.4 Å². The van der Waals surface area contributed by atoms with Crippen molar-refractivity contribution in [2.45, 2.75) is 75.6 Å². The first-order valence-corrected chi connectivity index (χ1v) is 17.4. The van der Waals surface area contributed by atoms with E-state index in [1.165, 1.54) is 19.3 Å². The van der Waals surface area contributed by atoms with Gasteiger partial charge < -0.3 is 30.1 Å². The molecule has 10 heteroatoms. The fraction of sp³-hybridized carbons (Fsp3) is 0.541. The third-order valence-corrected chi connectivity index (χ3v) is 11.1. The SMILES string of the molecule is O=C(Nc1ccc([C@@H]2O[C@H](CN3CCN(c4ncccn4)CC3)C[C@H](c3ccc(CO)cc3)O2)cc1)NC12CC3CC(CC(C3)C1)C2. The van der Waals surface area contributed by atoms with Crippen molar-refractivity contribution in [2.75, 3.05) is 42.9 Å². The monoisotopic (exact) mass is 638 g/mol. The number of benzene rings is 2. The summed E-state index contributed by atoms with van der Waals surface area (Å²) in [5, 5.41) is 16.1. The van der Waals surface area contributed by atoms with E-state index in [0.717, 1.165) is 104 Å². The molecular formula is C37H46N6O4. The first kappa shape index (κ1) is 30.7. The molecule has 4 saturated carbocycles. The second kappa shape index (κ2) is 13.1. The lowest BCUT2D eigenvalue weighted by atomic mass is 9.53. The summed E-state index contributed by atoms with van der Waals surface area (Å²) in [5.74, 6) is 3.13. The summed E-state index contributed by atoms with van der Waals surface area (Å²) in [6.07, 6.45) is 11.1. The molecule has 2 saturated heterocycles. The van der Waals surface area contributed by atoms with E-state index in [-0.39, 0.29) is 30.4 Å². The molecule has 3 N–H and O–H groups in total. The number of rotatable bonds is 8. The lowest BCUT2D eigenvalue weighted by Gasteiger charge is -2.56. The van der Waals surface area contributed by atoms with Crippen LogP contribution in [0.5, 0.6) is 0 Å². The van der Waals surface area contributed by atoms with Gasteiger partial charge >= 0.3 is 6.03 Å². The molecule has 1 aromatic heterocycles. The lowest BCUT2D eigenvalue weighted by molar-refractivity contribution is -0.253. The Morgan fingerprint density at radius 3 is 2.11 bits per heavy atom. The van der Waals surface area contributed by atoms with E-state index in [2.05, 4.69) is 30.4 Å². The fourth-order valence-electron chi connectivity index (χ4n) is 9.30. The highest BCUT2D eigenvalue weighted by atomic mass is 16.7. The molecule has 0 spiro atoms. The summed E-state index contributed by atoms with van der Waals surface area (Å²) in [6.45, 7) is 4.37. The summed E-state index contributed by atoms with van der Waals surface area (Å²) < 4.78 is 13.2. The standard InChI is InChI=1S/C37H46N6O4/c44-24-25-2-4-29(5-3-25)33-19-32(23-42-12-14-43(15-13-42)35-38-10-1-11-39-35)46-34(47-33)30-6-8-31(9-7-30)40-36(45)41-37-20-26-16-27(21-37)18-28(17-26)22-37/h1-11,26-28,32-34,44H,12-24H2,(H2,40,41,45)/t26?,27?,28?,32-,33+,34+,37?/m0/s1. The predicted molar refractivity (Wildman–Crippen MR) is 179 cm³/mol. The molecule has 2 amide bonds. The number of piperazine rings is 1. The highest BCUT2D eigenvalue weighted by Gasteiger charge is 2.51. The smallest absolute Gasteiger partial charge is 0.319 e. The number of carbonyl (C=O) groups excluding carboxylic acids is 1. The number of ether oxygens (including phenoxy) is 2. The van der Waals surface area contributed by atoms with E-state index in [0.29, 0.717) is 0 Å². The first-order valence-electron chi connectivity index (χ1n) is 17.4. The maximum absolute atomic E-state index is 13.2. The van der Waals surface area contributed by atoms with Crippen molar-refractivity contribution >= 4 is 17.7 Å². The van der Waals surface area contributed by atoms with Crippen molar-refractivity contribution in [3.8, 4) is 0 Å².